The fourth-order valence-corrected chi connectivity index (χ4v) is 1.34. The molecule has 1 unspecified atom stereocenters. The van der Waals surface area contributed by atoms with E-state index < -0.39 is 12.0 Å². The Morgan fingerprint density at radius 3 is 2.82 bits per heavy atom. The summed E-state index contributed by atoms with van der Waals surface area (Å²) in [5.41, 5.74) is 5.99. The first-order valence-corrected chi connectivity index (χ1v) is 5.29. The van der Waals surface area contributed by atoms with E-state index in [1.54, 1.807) is 6.92 Å². The predicted octanol–water partition coefficient (Wildman–Crippen LogP) is 1.27. The Hall–Kier alpha value is -1.62. The quantitative estimate of drug-likeness (QED) is 0.788. The zero-order valence-corrected chi connectivity index (χ0v) is 9.90. The largest absolute Gasteiger partial charge is 0.496 e. The first-order valence-electron chi connectivity index (χ1n) is 5.29. The summed E-state index contributed by atoms with van der Waals surface area (Å²) in [5.74, 6) is -0.247. The number of rotatable bonds is 5. The summed E-state index contributed by atoms with van der Waals surface area (Å²) in [6, 6.07) is 3.57. The molecule has 4 nitrogen and oxygen atoms in total. The third-order valence-electron chi connectivity index (χ3n) is 2.23. The molecule has 1 aromatic carbocycles. The van der Waals surface area contributed by atoms with E-state index in [1.165, 1.54) is 25.3 Å². The van der Waals surface area contributed by atoms with Gasteiger partial charge in [0.15, 0.2) is 0 Å². The van der Waals surface area contributed by atoms with Crippen LogP contribution in [0, 0.1) is 5.82 Å². The normalized spacial score (nSPS) is 12.0. The van der Waals surface area contributed by atoms with E-state index >= 15 is 0 Å². The maximum atomic E-state index is 13.0. The van der Waals surface area contributed by atoms with Gasteiger partial charge in [-0.3, -0.25) is 4.79 Å². The Labute approximate surface area is 99.5 Å². The van der Waals surface area contributed by atoms with Crippen LogP contribution in [0.1, 0.15) is 12.5 Å². The minimum atomic E-state index is -0.649. The number of hydrogen-bond donors (Lipinski definition) is 1. The average Bonchev–Trinajstić information content (AvgIpc) is 2.29. The summed E-state index contributed by atoms with van der Waals surface area (Å²) in [7, 11) is 1.50. The van der Waals surface area contributed by atoms with Crippen molar-refractivity contribution in [2.45, 2.75) is 19.4 Å². The Morgan fingerprint density at radius 1 is 1.53 bits per heavy atom. The van der Waals surface area contributed by atoms with Gasteiger partial charge in [0.05, 0.1) is 13.7 Å². The lowest BCUT2D eigenvalue weighted by atomic mass is 10.1. The second-order valence-electron chi connectivity index (χ2n) is 3.66. The molecule has 0 aliphatic rings. The summed E-state index contributed by atoms with van der Waals surface area (Å²) >= 11 is 0. The predicted molar refractivity (Wildman–Crippen MR) is 61.3 cm³/mol. The van der Waals surface area contributed by atoms with E-state index in [0.717, 1.165) is 0 Å². The molecular formula is C12H16FNO3. The van der Waals surface area contributed by atoms with Gasteiger partial charge in [0.25, 0.3) is 0 Å². The van der Waals surface area contributed by atoms with Crippen LogP contribution in [0.2, 0.25) is 0 Å². The van der Waals surface area contributed by atoms with Crippen LogP contribution < -0.4 is 10.5 Å². The second kappa shape index (κ2) is 6.20. The highest BCUT2D eigenvalue weighted by Gasteiger charge is 2.10. The highest BCUT2D eigenvalue weighted by Crippen LogP contribution is 2.19. The van der Waals surface area contributed by atoms with Gasteiger partial charge in [0.1, 0.15) is 17.6 Å². The van der Waals surface area contributed by atoms with Crippen molar-refractivity contribution in [3.8, 4) is 5.75 Å². The fraction of sp³-hybridized carbons (Fsp3) is 0.417. The van der Waals surface area contributed by atoms with E-state index in [-0.39, 0.29) is 12.4 Å². The zero-order valence-electron chi connectivity index (χ0n) is 9.90. The Balaban J connectivity index is 2.56. The van der Waals surface area contributed by atoms with Gasteiger partial charge in [-0.2, -0.15) is 0 Å². The van der Waals surface area contributed by atoms with Gasteiger partial charge in [0.2, 0.25) is 0 Å². The number of carbonyl (C=O) groups is 1. The van der Waals surface area contributed by atoms with Gasteiger partial charge in [-0.05, 0) is 25.1 Å². The summed E-state index contributed by atoms with van der Waals surface area (Å²) in [6.45, 7) is 1.70. The van der Waals surface area contributed by atoms with Gasteiger partial charge in [-0.15, -0.1) is 0 Å². The molecule has 0 amide bonds. The van der Waals surface area contributed by atoms with Gasteiger partial charge >= 0.3 is 5.97 Å². The van der Waals surface area contributed by atoms with Crippen LogP contribution in [0.5, 0.6) is 5.75 Å². The van der Waals surface area contributed by atoms with E-state index in [9.17, 15) is 9.18 Å². The molecule has 5 heteroatoms. The summed E-state index contributed by atoms with van der Waals surface area (Å²) < 4.78 is 23.0. The lowest BCUT2D eigenvalue weighted by Gasteiger charge is -2.10. The number of ether oxygens (including phenoxy) is 2. The molecule has 0 saturated heterocycles. The Bertz CT molecular complexity index is 393. The molecule has 0 spiro atoms. The van der Waals surface area contributed by atoms with E-state index in [0.29, 0.717) is 17.7 Å². The standard InChI is InChI=1S/C12H16FNO3/c1-8(14)12(15)17-6-5-9-7-10(13)3-4-11(9)16-2/h3-4,7-8H,5-6,14H2,1-2H3. The van der Waals surface area contributed by atoms with Crippen LogP contribution in [0.25, 0.3) is 0 Å². The molecule has 0 aromatic heterocycles. The van der Waals surface area contributed by atoms with Crippen LogP contribution in [0.3, 0.4) is 0 Å². The number of esters is 1. The lowest BCUT2D eigenvalue weighted by molar-refractivity contribution is -0.144. The van der Waals surface area contributed by atoms with Gasteiger partial charge in [0, 0.05) is 12.0 Å². The number of carbonyl (C=O) groups excluding carboxylic acids is 1. The monoisotopic (exact) mass is 241 g/mol. The molecule has 0 heterocycles. The van der Waals surface area contributed by atoms with E-state index in [2.05, 4.69) is 0 Å². The lowest BCUT2D eigenvalue weighted by Crippen LogP contribution is -2.29. The molecule has 0 saturated carbocycles. The zero-order chi connectivity index (χ0) is 12.8. The molecule has 0 radical (unpaired) electrons. The van der Waals surface area contributed by atoms with Crippen LogP contribution in [0.15, 0.2) is 18.2 Å². The Morgan fingerprint density at radius 2 is 2.24 bits per heavy atom. The summed E-state index contributed by atoms with van der Waals surface area (Å²) in [5, 5.41) is 0. The smallest absolute Gasteiger partial charge is 0.322 e. The van der Waals surface area contributed by atoms with Crippen molar-refractivity contribution in [2.75, 3.05) is 13.7 Å². The first kappa shape index (κ1) is 13.4. The van der Waals surface area contributed by atoms with Crippen molar-refractivity contribution in [1.29, 1.82) is 0 Å². The van der Waals surface area contributed by atoms with E-state index in [1.807, 2.05) is 0 Å². The first-order chi connectivity index (χ1) is 8.04. The van der Waals surface area contributed by atoms with Crippen molar-refractivity contribution >= 4 is 5.97 Å². The SMILES string of the molecule is COc1ccc(F)cc1CCOC(=O)C(C)N. The average molecular weight is 241 g/mol. The summed E-state index contributed by atoms with van der Waals surface area (Å²) in [4.78, 5) is 11.1. The molecular weight excluding hydrogens is 225 g/mol. The van der Waals surface area contributed by atoms with Gasteiger partial charge in [-0.1, -0.05) is 0 Å². The van der Waals surface area contributed by atoms with Gasteiger partial charge in [-0.25, -0.2) is 4.39 Å². The minimum Gasteiger partial charge on any atom is -0.496 e. The van der Waals surface area contributed by atoms with Crippen molar-refractivity contribution < 1.29 is 18.7 Å². The minimum absolute atomic E-state index is 0.153. The second-order valence-corrected chi connectivity index (χ2v) is 3.66. The molecule has 0 fully saturated rings. The maximum absolute atomic E-state index is 13.0. The number of hydrogen-bond acceptors (Lipinski definition) is 4. The number of nitrogens with two attached hydrogens (primary N) is 1. The molecule has 1 rings (SSSR count). The van der Waals surface area contributed by atoms with Crippen LogP contribution in [0.4, 0.5) is 4.39 Å². The maximum Gasteiger partial charge on any atom is 0.322 e. The number of methoxy groups -OCH3 is 1. The molecule has 2 N–H and O–H groups in total. The van der Waals surface area contributed by atoms with Crippen molar-refractivity contribution in [1.82, 2.24) is 0 Å². The van der Waals surface area contributed by atoms with Gasteiger partial charge < -0.3 is 15.2 Å². The number of benzene rings is 1. The number of halogens is 1. The van der Waals surface area contributed by atoms with Crippen molar-refractivity contribution in [2.24, 2.45) is 5.73 Å². The van der Waals surface area contributed by atoms with Crippen LogP contribution in [-0.4, -0.2) is 25.7 Å². The molecule has 0 aliphatic carbocycles. The van der Waals surface area contributed by atoms with Crippen molar-refractivity contribution in [3.05, 3.63) is 29.6 Å². The molecule has 1 aromatic rings. The highest BCUT2D eigenvalue weighted by atomic mass is 19.1. The molecule has 17 heavy (non-hydrogen) atoms. The summed E-state index contributed by atoms with van der Waals surface area (Å²) in [6.07, 6.45) is 0.388. The topological polar surface area (TPSA) is 61.5 Å². The van der Waals surface area contributed by atoms with Crippen LogP contribution >= 0.6 is 0 Å². The Kier molecular flexibility index (Phi) is 4.90. The molecule has 1 atom stereocenters. The molecule has 0 aliphatic heterocycles. The third kappa shape index (κ3) is 4.03. The van der Waals surface area contributed by atoms with Crippen LogP contribution in [-0.2, 0) is 16.0 Å². The fourth-order valence-electron chi connectivity index (χ4n) is 1.34. The highest BCUT2D eigenvalue weighted by molar-refractivity contribution is 5.74. The molecule has 0 bridgehead atoms. The van der Waals surface area contributed by atoms with Crippen molar-refractivity contribution in [3.63, 3.8) is 0 Å². The van der Waals surface area contributed by atoms with E-state index in [4.69, 9.17) is 15.2 Å². The third-order valence-corrected chi connectivity index (χ3v) is 2.23. The molecule has 94 valence electrons.